The fraction of sp³-hybridized carbons (Fsp3) is 0.958. The van der Waals surface area contributed by atoms with E-state index in [2.05, 4.69) is 20.8 Å². The van der Waals surface area contributed by atoms with Crippen LogP contribution in [0.15, 0.2) is 0 Å². The monoisotopic (exact) mass is 410 g/mol. The van der Waals surface area contributed by atoms with Crippen molar-refractivity contribution in [3.63, 3.8) is 0 Å². The van der Waals surface area contributed by atoms with Crippen molar-refractivity contribution in [3.8, 4) is 0 Å². The topological polar surface area (TPSA) is 77.8 Å². The minimum absolute atomic E-state index is 0.128. The molecule has 3 N–H and O–H groups in total. The van der Waals surface area contributed by atoms with Crippen LogP contribution in [0.25, 0.3) is 0 Å². The maximum Gasteiger partial charge on any atom is 0.303 e. The molecule has 4 aliphatic rings. The SMILES string of the molecule is C[C@H](CCC(=O)O)[C@H]1CC[C@H]2[C@@H]3[C@H](O)C[C@@H]4C[C@@H](O)[C@H](F)C[C@]4(C)[C@H]3CC[C@]12C. The number of carbonyl (C=O) groups is 1. The van der Waals surface area contributed by atoms with Crippen LogP contribution < -0.4 is 0 Å². The van der Waals surface area contributed by atoms with Crippen LogP contribution in [0.2, 0.25) is 0 Å². The van der Waals surface area contributed by atoms with E-state index in [-0.39, 0.29) is 35.2 Å². The first-order valence-corrected chi connectivity index (χ1v) is 11.8. The molecule has 4 saturated carbocycles. The van der Waals surface area contributed by atoms with E-state index in [0.717, 1.165) is 32.1 Å². The number of carboxylic acid groups (broad SMARTS) is 1. The Kier molecular flexibility index (Phi) is 5.55. The van der Waals surface area contributed by atoms with Crippen molar-refractivity contribution in [1.82, 2.24) is 0 Å². The second kappa shape index (κ2) is 7.47. The number of alkyl halides is 1. The van der Waals surface area contributed by atoms with Crippen LogP contribution >= 0.6 is 0 Å². The summed E-state index contributed by atoms with van der Waals surface area (Å²) in [6, 6.07) is 0. The van der Waals surface area contributed by atoms with Crippen molar-refractivity contribution < 1.29 is 24.5 Å². The highest BCUT2D eigenvalue weighted by Crippen LogP contribution is 2.68. The van der Waals surface area contributed by atoms with Crippen molar-refractivity contribution in [2.45, 2.75) is 96.9 Å². The van der Waals surface area contributed by atoms with Gasteiger partial charge in [-0.05, 0) is 97.7 Å². The second-order valence-electron chi connectivity index (χ2n) is 11.5. The van der Waals surface area contributed by atoms with Gasteiger partial charge in [0.1, 0.15) is 6.17 Å². The van der Waals surface area contributed by atoms with Crippen LogP contribution in [-0.4, -0.2) is 39.7 Å². The van der Waals surface area contributed by atoms with Crippen LogP contribution in [0.4, 0.5) is 4.39 Å². The zero-order chi connectivity index (χ0) is 21.1. The van der Waals surface area contributed by atoms with E-state index in [1.807, 2.05) is 0 Å². The molecule has 5 heteroatoms. The van der Waals surface area contributed by atoms with Gasteiger partial charge in [0.2, 0.25) is 0 Å². The van der Waals surface area contributed by atoms with Crippen molar-refractivity contribution in [2.24, 2.45) is 46.3 Å². The van der Waals surface area contributed by atoms with Crippen molar-refractivity contribution in [3.05, 3.63) is 0 Å². The van der Waals surface area contributed by atoms with Gasteiger partial charge in [0.25, 0.3) is 0 Å². The Morgan fingerprint density at radius 1 is 1.07 bits per heavy atom. The molecule has 4 fully saturated rings. The quantitative estimate of drug-likeness (QED) is 0.641. The third kappa shape index (κ3) is 3.35. The Morgan fingerprint density at radius 2 is 1.72 bits per heavy atom. The van der Waals surface area contributed by atoms with Gasteiger partial charge < -0.3 is 15.3 Å². The summed E-state index contributed by atoms with van der Waals surface area (Å²) >= 11 is 0. The molecule has 0 aromatic heterocycles. The molecule has 4 rings (SSSR count). The van der Waals surface area contributed by atoms with Gasteiger partial charge in [-0.1, -0.05) is 20.8 Å². The summed E-state index contributed by atoms with van der Waals surface area (Å²) in [6.07, 6.45) is 4.48. The number of aliphatic hydroxyl groups is 2. The number of hydrogen-bond acceptors (Lipinski definition) is 3. The maximum atomic E-state index is 14.5. The van der Waals surface area contributed by atoms with E-state index in [1.54, 1.807) is 0 Å². The molecule has 11 atom stereocenters. The lowest BCUT2D eigenvalue weighted by Gasteiger charge is -2.62. The number of hydrogen-bond donors (Lipinski definition) is 3. The molecule has 0 amide bonds. The molecule has 0 aromatic rings. The molecule has 0 radical (unpaired) electrons. The second-order valence-corrected chi connectivity index (χ2v) is 11.5. The minimum Gasteiger partial charge on any atom is -0.481 e. The normalized spacial score (nSPS) is 52.9. The van der Waals surface area contributed by atoms with Gasteiger partial charge in [0, 0.05) is 6.42 Å². The predicted molar refractivity (Wildman–Crippen MR) is 109 cm³/mol. The van der Waals surface area contributed by atoms with E-state index >= 15 is 0 Å². The zero-order valence-corrected chi connectivity index (χ0v) is 18.2. The Balaban J connectivity index is 1.57. The Bertz CT molecular complexity index is 640. The lowest BCUT2D eigenvalue weighted by atomic mass is 9.43. The van der Waals surface area contributed by atoms with Gasteiger partial charge in [-0.3, -0.25) is 4.79 Å². The number of halogens is 1. The van der Waals surface area contributed by atoms with Crippen molar-refractivity contribution in [1.29, 1.82) is 0 Å². The van der Waals surface area contributed by atoms with Gasteiger partial charge in [0.15, 0.2) is 0 Å². The largest absolute Gasteiger partial charge is 0.481 e. The van der Waals surface area contributed by atoms with Gasteiger partial charge in [-0.2, -0.15) is 0 Å². The van der Waals surface area contributed by atoms with Crippen LogP contribution in [-0.2, 0) is 4.79 Å². The van der Waals surface area contributed by atoms with E-state index < -0.39 is 18.2 Å². The van der Waals surface area contributed by atoms with Gasteiger partial charge in [-0.15, -0.1) is 0 Å². The third-order valence-corrected chi connectivity index (χ3v) is 10.2. The fourth-order valence-corrected chi connectivity index (χ4v) is 8.73. The zero-order valence-electron chi connectivity index (χ0n) is 18.2. The van der Waals surface area contributed by atoms with Crippen molar-refractivity contribution in [2.75, 3.05) is 0 Å². The molecule has 0 aliphatic heterocycles. The Labute approximate surface area is 174 Å². The summed E-state index contributed by atoms with van der Waals surface area (Å²) in [5.74, 6) is 1.35. The summed E-state index contributed by atoms with van der Waals surface area (Å²) < 4.78 is 14.5. The summed E-state index contributed by atoms with van der Waals surface area (Å²) in [6.45, 7) is 6.81. The lowest BCUT2D eigenvalue weighted by Crippen LogP contribution is -2.60. The van der Waals surface area contributed by atoms with Gasteiger partial charge in [-0.25, -0.2) is 4.39 Å². The highest BCUT2D eigenvalue weighted by atomic mass is 19.1. The average molecular weight is 411 g/mol. The summed E-state index contributed by atoms with van der Waals surface area (Å²) in [5, 5.41) is 30.4. The minimum atomic E-state index is -1.15. The first-order valence-electron chi connectivity index (χ1n) is 11.8. The Morgan fingerprint density at radius 3 is 2.41 bits per heavy atom. The summed E-state index contributed by atoms with van der Waals surface area (Å²) in [4.78, 5) is 11.0. The van der Waals surface area contributed by atoms with E-state index in [1.165, 1.54) is 0 Å². The van der Waals surface area contributed by atoms with Crippen LogP contribution in [0.1, 0.15) is 78.6 Å². The molecule has 0 heterocycles. The number of aliphatic carboxylic acids is 1. The molecule has 29 heavy (non-hydrogen) atoms. The number of carboxylic acids is 1. The molecular formula is C24H39FO4. The highest BCUT2D eigenvalue weighted by Gasteiger charge is 2.63. The molecule has 4 aliphatic carbocycles. The molecule has 0 saturated heterocycles. The van der Waals surface area contributed by atoms with E-state index in [0.29, 0.717) is 42.9 Å². The predicted octanol–water partition coefficient (Wildman–Crippen LogP) is 4.43. The first-order chi connectivity index (χ1) is 13.6. The lowest BCUT2D eigenvalue weighted by molar-refractivity contribution is -0.186. The molecule has 0 aromatic carbocycles. The molecule has 4 nitrogen and oxygen atoms in total. The van der Waals surface area contributed by atoms with E-state index in [4.69, 9.17) is 5.11 Å². The average Bonchev–Trinajstić information content (AvgIpc) is 2.99. The van der Waals surface area contributed by atoms with Gasteiger partial charge >= 0.3 is 5.97 Å². The van der Waals surface area contributed by atoms with Crippen LogP contribution in [0.5, 0.6) is 0 Å². The van der Waals surface area contributed by atoms with Crippen molar-refractivity contribution >= 4 is 5.97 Å². The standard InChI is InChI=1S/C24H39FO4/c1-13(4-7-21(28)29)15-5-6-16-22-17(8-9-23(15,16)2)24(3)12-18(25)19(26)10-14(24)11-20(22)27/h13-20,22,26-27H,4-12H2,1-3H3,(H,28,29)/t13-,14+,15-,16+,17+,18-,19-,20-,22+,23-,24+/m1/s1. The Hall–Kier alpha value is -0.680. The molecule has 166 valence electrons. The van der Waals surface area contributed by atoms with E-state index in [9.17, 15) is 19.4 Å². The first kappa shape index (κ1) is 21.5. The maximum absolute atomic E-state index is 14.5. The highest BCUT2D eigenvalue weighted by molar-refractivity contribution is 5.66. The fourth-order valence-electron chi connectivity index (χ4n) is 8.73. The summed E-state index contributed by atoms with van der Waals surface area (Å²) in [5.41, 5.74) is 0.0173. The van der Waals surface area contributed by atoms with Gasteiger partial charge in [0.05, 0.1) is 12.2 Å². The number of aliphatic hydroxyl groups excluding tert-OH is 2. The third-order valence-electron chi connectivity index (χ3n) is 10.2. The molecule has 0 unspecified atom stereocenters. The molecule has 0 bridgehead atoms. The smallest absolute Gasteiger partial charge is 0.303 e. The summed E-state index contributed by atoms with van der Waals surface area (Å²) in [7, 11) is 0. The van der Waals surface area contributed by atoms with Crippen LogP contribution in [0, 0.1) is 46.3 Å². The van der Waals surface area contributed by atoms with Crippen LogP contribution in [0.3, 0.4) is 0 Å². The molecule has 0 spiro atoms. The number of rotatable bonds is 4. The molecular weight excluding hydrogens is 371 g/mol. The number of fused-ring (bicyclic) bond motifs is 5.